The van der Waals surface area contributed by atoms with Crippen LogP contribution in [-0.4, -0.2) is 49.4 Å². The van der Waals surface area contributed by atoms with Gasteiger partial charge in [-0.3, -0.25) is 20.2 Å². The van der Waals surface area contributed by atoms with Crippen molar-refractivity contribution in [2.45, 2.75) is 38.8 Å². The number of imide groups is 2. The number of nitrogens with one attached hydrogen (secondary N) is 3. The molecule has 0 unspecified atom stereocenters. The summed E-state index contributed by atoms with van der Waals surface area (Å²) in [6.45, 7) is 4.88. The van der Waals surface area contributed by atoms with Crippen LogP contribution in [0.1, 0.15) is 32.3 Å². The third-order valence-corrected chi connectivity index (χ3v) is 5.14. The highest BCUT2D eigenvalue weighted by atomic mass is 16.5. The molecule has 1 aliphatic heterocycles. The maximum Gasteiger partial charge on any atom is 0.407 e. The molecule has 0 saturated carbocycles. The van der Waals surface area contributed by atoms with Gasteiger partial charge in [0.15, 0.2) is 0 Å². The predicted molar refractivity (Wildman–Crippen MR) is 128 cm³/mol. The first-order valence-corrected chi connectivity index (χ1v) is 11.6. The molecule has 36 heavy (non-hydrogen) atoms. The highest BCUT2D eigenvalue weighted by Crippen LogP contribution is 2.28. The second-order valence-electron chi connectivity index (χ2n) is 7.82. The van der Waals surface area contributed by atoms with E-state index in [0.717, 1.165) is 12.0 Å². The van der Waals surface area contributed by atoms with Crippen molar-refractivity contribution >= 4 is 23.9 Å². The Morgan fingerprint density at radius 2 is 1.44 bits per heavy atom. The van der Waals surface area contributed by atoms with E-state index in [-0.39, 0.29) is 18.8 Å². The summed E-state index contributed by atoms with van der Waals surface area (Å²) in [5, 5.41) is 6.82. The third-order valence-electron chi connectivity index (χ3n) is 5.14. The monoisotopic (exact) mass is 499 g/mol. The van der Waals surface area contributed by atoms with Crippen LogP contribution in [0.15, 0.2) is 48.5 Å². The van der Waals surface area contributed by atoms with E-state index >= 15 is 0 Å². The Morgan fingerprint density at radius 1 is 0.861 bits per heavy atom. The Kier molecular flexibility index (Phi) is 9.23. The number of carbonyl (C=O) groups is 4. The SMILES string of the molecule is CCCOC(=O)NCc1ccc(Oc2ccc(OC3(CCOCC)C(=O)NC(=O)NC3=O)cc2)cc1. The molecule has 0 atom stereocenters. The summed E-state index contributed by atoms with van der Waals surface area (Å²) in [7, 11) is 0. The second-order valence-corrected chi connectivity index (χ2v) is 7.82. The minimum atomic E-state index is -1.95. The number of rotatable bonds is 12. The Balaban J connectivity index is 1.61. The first kappa shape index (κ1) is 26.5. The molecular weight excluding hydrogens is 470 g/mol. The van der Waals surface area contributed by atoms with E-state index in [0.29, 0.717) is 31.3 Å². The Hall–Kier alpha value is -4.12. The van der Waals surface area contributed by atoms with Crippen LogP contribution in [0.4, 0.5) is 9.59 Å². The molecule has 1 saturated heterocycles. The molecule has 2 aromatic rings. The summed E-state index contributed by atoms with van der Waals surface area (Å²) in [4.78, 5) is 48.2. The van der Waals surface area contributed by atoms with Crippen molar-refractivity contribution in [3.8, 4) is 17.2 Å². The van der Waals surface area contributed by atoms with Crippen LogP contribution in [0, 0.1) is 0 Å². The zero-order chi connectivity index (χ0) is 26.0. The molecule has 1 heterocycles. The zero-order valence-electron chi connectivity index (χ0n) is 20.1. The normalized spacial score (nSPS) is 14.4. The van der Waals surface area contributed by atoms with Gasteiger partial charge in [0.25, 0.3) is 17.4 Å². The average Bonchev–Trinajstić information content (AvgIpc) is 2.86. The number of amides is 5. The van der Waals surface area contributed by atoms with Crippen LogP contribution in [0.2, 0.25) is 0 Å². The highest BCUT2D eigenvalue weighted by molar-refractivity contribution is 6.21. The summed E-state index contributed by atoms with van der Waals surface area (Å²) in [6.07, 6.45) is 0.211. The van der Waals surface area contributed by atoms with E-state index in [2.05, 4.69) is 16.0 Å². The minimum absolute atomic E-state index is 0.0815. The summed E-state index contributed by atoms with van der Waals surface area (Å²) in [5.41, 5.74) is -1.07. The highest BCUT2D eigenvalue weighted by Gasteiger charge is 2.52. The molecule has 0 aromatic heterocycles. The lowest BCUT2D eigenvalue weighted by Gasteiger charge is -2.34. The molecule has 3 rings (SSSR count). The van der Waals surface area contributed by atoms with Gasteiger partial charge in [0, 0.05) is 19.6 Å². The molecule has 0 bridgehead atoms. The lowest BCUT2D eigenvalue weighted by Crippen LogP contribution is -2.69. The molecule has 11 nitrogen and oxygen atoms in total. The average molecular weight is 500 g/mol. The van der Waals surface area contributed by atoms with Gasteiger partial charge in [0.05, 0.1) is 13.2 Å². The van der Waals surface area contributed by atoms with Crippen LogP contribution in [-0.2, 0) is 25.6 Å². The number of benzene rings is 2. The van der Waals surface area contributed by atoms with Gasteiger partial charge in [-0.05, 0) is 55.3 Å². The summed E-state index contributed by atoms with van der Waals surface area (Å²) in [6, 6.07) is 12.6. The summed E-state index contributed by atoms with van der Waals surface area (Å²) in [5.74, 6) is -0.421. The number of alkyl carbamates (subject to hydrolysis) is 1. The van der Waals surface area contributed by atoms with Crippen molar-refractivity contribution < 1.29 is 38.1 Å². The molecule has 11 heteroatoms. The van der Waals surface area contributed by atoms with Crippen LogP contribution >= 0.6 is 0 Å². The van der Waals surface area contributed by atoms with E-state index < -0.39 is 29.5 Å². The van der Waals surface area contributed by atoms with E-state index in [1.54, 1.807) is 43.3 Å². The molecule has 0 radical (unpaired) electrons. The molecule has 3 N–H and O–H groups in total. The lowest BCUT2D eigenvalue weighted by molar-refractivity contribution is -0.153. The van der Waals surface area contributed by atoms with Gasteiger partial charge >= 0.3 is 12.1 Å². The van der Waals surface area contributed by atoms with Gasteiger partial charge in [0.2, 0.25) is 0 Å². The fourth-order valence-electron chi connectivity index (χ4n) is 3.28. The van der Waals surface area contributed by atoms with Gasteiger partial charge < -0.3 is 24.3 Å². The van der Waals surface area contributed by atoms with Crippen molar-refractivity contribution in [1.29, 1.82) is 0 Å². The fourth-order valence-corrected chi connectivity index (χ4v) is 3.28. The molecule has 0 spiro atoms. The molecule has 0 aliphatic carbocycles. The number of carbonyl (C=O) groups excluding carboxylic acids is 4. The largest absolute Gasteiger partial charge is 0.467 e. The van der Waals surface area contributed by atoms with Crippen molar-refractivity contribution in [3.05, 3.63) is 54.1 Å². The maximum absolute atomic E-state index is 12.6. The van der Waals surface area contributed by atoms with E-state index in [4.69, 9.17) is 18.9 Å². The number of urea groups is 1. The van der Waals surface area contributed by atoms with E-state index in [9.17, 15) is 19.2 Å². The smallest absolute Gasteiger partial charge is 0.407 e. The number of barbiturate groups is 1. The quantitative estimate of drug-likeness (QED) is 0.299. The first-order valence-electron chi connectivity index (χ1n) is 11.6. The van der Waals surface area contributed by atoms with Crippen molar-refractivity contribution in [1.82, 2.24) is 16.0 Å². The minimum Gasteiger partial charge on any atom is -0.467 e. The van der Waals surface area contributed by atoms with Crippen LogP contribution in [0.3, 0.4) is 0 Å². The van der Waals surface area contributed by atoms with Crippen molar-refractivity contribution in [2.75, 3.05) is 19.8 Å². The zero-order valence-corrected chi connectivity index (χ0v) is 20.1. The standard InChI is InChI=1S/C25H29N3O8/c1-3-14-34-24(32)26-16-17-5-7-18(8-6-17)35-19-9-11-20(12-10-19)36-25(13-15-33-4-2)21(29)27-23(31)28-22(25)30/h5-12H,3-4,13-16H2,1-2H3,(H,26,32)(H2,27,28,29,30,31). The summed E-state index contributed by atoms with van der Waals surface area (Å²) < 4.78 is 21.9. The second kappa shape index (κ2) is 12.5. The number of ether oxygens (including phenoxy) is 4. The summed E-state index contributed by atoms with van der Waals surface area (Å²) >= 11 is 0. The Morgan fingerprint density at radius 3 is 2.03 bits per heavy atom. The topological polar surface area (TPSA) is 141 Å². The third kappa shape index (κ3) is 6.95. The van der Waals surface area contributed by atoms with Crippen LogP contribution in [0.5, 0.6) is 17.2 Å². The number of hydrogen-bond donors (Lipinski definition) is 3. The molecule has 1 fully saturated rings. The van der Waals surface area contributed by atoms with Crippen LogP contribution < -0.4 is 25.4 Å². The Labute approximate surface area is 208 Å². The van der Waals surface area contributed by atoms with Crippen molar-refractivity contribution in [3.63, 3.8) is 0 Å². The molecule has 192 valence electrons. The van der Waals surface area contributed by atoms with Crippen LogP contribution in [0.25, 0.3) is 0 Å². The molecular formula is C25H29N3O8. The number of hydrogen-bond acceptors (Lipinski definition) is 8. The Bertz CT molecular complexity index is 1050. The maximum atomic E-state index is 12.6. The van der Waals surface area contributed by atoms with Gasteiger partial charge in [0.1, 0.15) is 17.2 Å². The van der Waals surface area contributed by atoms with E-state index in [1.807, 2.05) is 19.1 Å². The van der Waals surface area contributed by atoms with Gasteiger partial charge in [-0.25, -0.2) is 9.59 Å². The van der Waals surface area contributed by atoms with Gasteiger partial charge in [-0.2, -0.15) is 0 Å². The molecule has 1 aliphatic rings. The predicted octanol–water partition coefficient (Wildman–Crippen LogP) is 3.03. The molecule has 2 aromatic carbocycles. The van der Waals surface area contributed by atoms with Gasteiger partial charge in [-0.1, -0.05) is 19.1 Å². The fraction of sp³-hybridized carbons (Fsp3) is 0.360. The first-order chi connectivity index (χ1) is 17.4. The van der Waals surface area contributed by atoms with Crippen molar-refractivity contribution in [2.24, 2.45) is 0 Å². The van der Waals surface area contributed by atoms with Gasteiger partial charge in [-0.15, -0.1) is 0 Å². The molecule has 5 amide bonds. The van der Waals surface area contributed by atoms with E-state index in [1.165, 1.54) is 0 Å². The lowest BCUT2D eigenvalue weighted by atomic mass is 9.95.